The lowest BCUT2D eigenvalue weighted by atomic mass is 10.00. The molecule has 1 aromatic carbocycles. The number of nitrogens with one attached hydrogen (secondary N) is 2. The zero-order chi connectivity index (χ0) is 16.1. The van der Waals surface area contributed by atoms with Crippen molar-refractivity contribution in [1.29, 1.82) is 0 Å². The maximum absolute atomic E-state index is 12.1. The van der Waals surface area contributed by atoms with Crippen LogP contribution in [0.4, 0.5) is 0 Å². The van der Waals surface area contributed by atoms with Crippen LogP contribution >= 0.6 is 47.8 Å². The minimum Gasteiger partial charge on any atom is -0.355 e. The Morgan fingerprint density at radius 1 is 1.36 bits per heavy atom. The van der Waals surface area contributed by atoms with E-state index in [4.69, 9.17) is 11.6 Å². The molecule has 2 aromatic rings. The summed E-state index contributed by atoms with van der Waals surface area (Å²) in [4.78, 5) is 16.6. The molecule has 0 aliphatic carbocycles. The van der Waals surface area contributed by atoms with Crippen LogP contribution in [0.2, 0.25) is 5.02 Å². The molecule has 25 heavy (non-hydrogen) atoms. The zero-order valence-corrected chi connectivity index (χ0v) is 16.9. The van der Waals surface area contributed by atoms with Crippen molar-refractivity contribution >= 4 is 53.7 Å². The number of rotatable bonds is 5. The smallest absolute Gasteiger partial charge is 0.226 e. The van der Waals surface area contributed by atoms with E-state index in [1.54, 1.807) is 0 Å². The second kappa shape index (κ2) is 11.0. The molecule has 1 atom stereocenters. The summed E-state index contributed by atoms with van der Waals surface area (Å²) in [5.74, 6) is 0.577. The minimum atomic E-state index is 0. The van der Waals surface area contributed by atoms with Gasteiger partial charge in [0.25, 0.3) is 0 Å². The van der Waals surface area contributed by atoms with Crippen molar-refractivity contribution in [3.8, 4) is 10.6 Å². The lowest BCUT2D eigenvalue weighted by Crippen LogP contribution is -2.38. The molecule has 8 heteroatoms. The number of piperidine rings is 1. The Balaban J connectivity index is 0.00000156. The van der Waals surface area contributed by atoms with Crippen LogP contribution in [0.25, 0.3) is 10.6 Å². The summed E-state index contributed by atoms with van der Waals surface area (Å²) >= 11 is 7.71. The van der Waals surface area contributed by atoms with Crippen molar-refractivity contribution in [2.75, 3.05) is 19.6 Å². The van der Waals surface area contributed by atoms with Crippen molar-refractivity contribution in [2.45, 2.75) is 19.3 Å². The molecule has 1 amide bonds. The van der Waals surface area contributed by atoms with Crippen LogP contribution in [-0.2, 0) is 11.2 Å². The van der Waals surface area contributed by atoms with Crippen LogP contribution < -0.4 is 10.6 Å². The van der Waals surface area contributed by atoms with Gasteiger partial charge >= 0.3 is 0 Å². The highest BCUT2D eigenvalue weighted by Gasteiger charge is 2.15. The third-order valence-corrected chi connectivity index (χ3v) is 5.24. The number of halogens is 3. The average Bonchev–Trinajstić information content (AvgIpc) is 3.02. The average molecular weight is 423 g/mol. The van der Waals surface area contributed by atoms with E-state index < -0.39 is 0 Å². The third kappa shape index (κ3) is 6.42. The van der Waals surface area contributed by atoms with Crippen LogP contribution in [0, 0.1) is 5.92 Å². The standard InChI is InChI=1S/C17H20ClN3OS.2ClH/c18-15-6-2-1-5-14(15)17-21-13(11-23-17)8-16(22)20-10-12-4-3-7-19-9-12;;/h1-2,5-6,11-12,19H,3-4,7-10H2,(H,20,22);2*1H. The molecule has 4 nitrogen and oxygen atoms in total. The van der Waals surface area contributed by atoms with E-state index in [0.29, 0.717) is 17.4 Å². The molecule has 3 rings (SSSR count). The van der Waals surface area contributed by atoms with E-state index in [1.165, 1.54) is 24.2 Å². The molecule has 1 unspecified atom stereocenters. The Morgan fingerprint density at radius 2 is 2.16 bits per heavy atom. The molecule has 2 heterocycles. The highest BCUT2D eigenvalue weighted by molar-refractivity contribution is 7.13. The van der Waals surface area contributed by atoms with E-state index >= 15 is 0 Å². The van der Waals surface area contributed by atoms with Crippen molar-refractivity contribution in [3.05, 3.63) is 40.4 Å². The normalized spacial score (nSPS) is 16.4. The molecule has 0 bridgehead atoms. The fourth-order valence-electron chi connectivity index (χ4n) is 2.73. The van der Waals surface area contributed by atoms with Crippen molar-refractivity contribution in [3.63, 3.8) is 0 Å². The summed E-state index contributed by atoms with van der Waals surface area (Å²) in [5, 5.41) is 9.85. The summed E-state index contributed by atoms with van der Waals surface area (Å²) in [5.41, 5.74) is 1.71. The van der Waals surface area contributed by atoms with Gasteiger partial charge in [-0.15, -0.1) is 36.2 Å². The van der Waals surface area contributed by atoms with Gasteiger partial charge in [0.1, 0.15) is 5.01 Å². The van der Waals surface area contributed by atoms with E-state index in [9.17, 15) is 4.79 Å². The Bertz CT molecular complexity index is 675. The molecule has 2 N–H and O–H groups in total. The largest absolute Gasteiger partial charge is 0.355 e. The van der Waals surface area contributed by atoms with Gasteiger partial charge in [-0.2, -0.15) is 0 Å². The predicted molar refractivity (Wildman–Crippen MR) is 109 cm³/mol. The Morgan fingerprint density at radius 3 is 2.88 bits per heavy atom. The van der Waals surface area contributed by atoms with E-state index in [-0.39, 0.29) is 30.7 Å². The number of aromatic nitrogens is 1. The maximum atomic E-state index is 12.1. The third-order valence-electron chi connectivity index (χ3n) is 3.98. The van der Waals surface area contributed by atoms with Gasteiger partial charge in [0, 0.05) is 17.5 Å². The van der Waals surface area contributed by atoms with Crippen LogP contribution in [0.1, 0.15) is 18.5 Å². The molecule has 0 radical (unpaired) electrons. The first kappa shape index (κ1) is 22.2. The first-order valence-corrected chi connectivity index (χ1v) is 9.15. The van der Waals surface area contributed by atoms with Crippen molar-refractivity contribution < 1.29 is 4.79 Å². The highest BCUT2D eigenvalue weighted by Crippen LogP contribution is 2.30. The van der Waals surface area contributed by atoms with E-state index in [1.807, 2.05) is 29.6 Å². The monoisotopic (exact) mass is 421 g/mol. The number of nitrogens with zero attached hydrogens (tertiary/aromatic N) is 1. The summed E-state index contributed by atoms with van der Waals surface area (Å²) in [6, 6.07) is 7.63. The second-order valence-electron chi connectivity index (χ2n) is 5.82. The number of benzene rings is 1. The molecule has 0 saturated carbocycles. The first-order valence-electron chi connectivity index (χ1n) is 7.89. The minimum absolute atomic E-state index is 0. The second-order valence-corrected chi connectivity index (χ2v) is 7.08. The molecule has 1 aliphatic rings. The SMILES string of the molecule is Cl.Cl.O=C(Cc1csc(-c2ccccc2Cl)n1)NCC1CCCNC1. The number of hydrogen-bond acceptors (Lipinski definition) is 4. The molecule has 1 saturated heterocycles. The fraction of sp³-hybridized carbons (Fsp3) is 0.412. The Kier molecular flexibility index (Phi) is 9.75. The number of thiazole rings is 1. The molecule has 138 valence electrons. The summed E-state index contributed by atoms with van der Waals surface area (Å²) in [6.07, 6.45) is 2.69. The number of carbonyl (C=O) groups is 1. The summed E-state index contributed by atoms with van der Waals surface area (Å²) in [7, 11) is 0. The van der Waals surface area contributed by atoms with Crippen LogP contribution in [0.3, 0.4) is 0 Å². The summed E-state index contributed by atoms with van der Waals surface area (Å²) in [6.45, 7) is 2.83. The van der Waals surface area contributed by atoms with Gasteiger partial charge in [0.2, 0.25) is 5.91 Å². The lowest BCUT2D eigenvalue weighted by molar-refractivity contribution is -0.120. The topological polar surface area (TPSA) is 54.0 Å². The van der Waals surface area contributed by atoms with Gasteiger partial charge in [0.05, 0.1) is 17.1 Å². The van der Waals surface area contributed by atoms with E-state index in [0.717, 1.165) is 35.9 Å². The molecular formula is C17H22Cl3N3OS. The van der Waals surface area contributed by atoms with Gasteiger partial charge in [-0.3, -0.25) is 4.79 Å². The lowest BCUT2D eigenvalue weighted by Gasteiger charge is -2.22. The molecule has 1 fully saturated rings. The van der Waals surface area contributed by atoms with Gasteiger partial charge in [0.15, 0.2) is 0 Å². The first-order chi connectivity index (χ1) is 11.2. The summed E-state index contributed by atoms with van der Waals surface area (Å²) < 4.78 is 0. The Hall–Kier alpha value is -0.850. The van der Waals surface area contributed by atoms with Gasteiger partial charge in [-0.1, -0.05) is 29.8 Å². The molecule has 0 spiro atoms. The van der Waals surface area contributed by atoms with Crippen molar-refractivity contribution in [1.82, 2.24) is 15.6 Å². The van der Waals surface area contributed by atoms with Gasteiger partial charge in [-0.25, -0.2) is 4.98 Å². The van der Waals surface area contributed by atoms with Gasteiger partial charge in [-0.05, 0) is 37.9 Å². The fourth-order valence-corrected chi connectivity index (χ4v) is 3.87. The maximum Gasteiger partial charge on any atom is 0.226 e. The van der Waals surface area contributed by atoms with Crippen molar-refractivity contribution in [2.24, 2.45) is 5.92 Å². The Labute approximate surface area is 169 Å². The number of hydrogen-bond donors (Lipinski definition) is 2. The van der Waals surface area contributed by atoms with Crippen LogP contribution in [-0.4, -0.2) is 30.5 Å². The molecule has 1 aromatic heterocycles. The highest BCUT2D eigenvalue weighted by atomic mass is 35.5. The number of amides is 1. The van der Waals surface area contributed by atoms with Crippen LogP contribution in [0.15, 0.2) is 29.6 Å². The van der Waals surface area contributed by atoms with Crippen LogP contribution in [0.5, 0.6) is 0 Å². The molecule has 1 aliphatic heterocycles. The molecular weight excluding hydrogens is 401 g/mol. The quantitative estimate of drug-likeness (QED) is 0.766. The van der Waals surface area contributed by atoms with Gasteiger partial charge < -0.3 is 10.6 Å². The zero-order valence-electron chi connectivity index (χ0n) is 13.7. The van der Waals surface area contributed by atoms with E-state index in [2.05, 4.69) is 15.6 Å². The number of carbonyl (C=O) groups excluding carboxylic acids is 1. The predicted octanol–water partition coefficient (Wildman–Crippen LogP) is 3.97.